The van der Waals surface area contributed by atoms with Crippen LogP contribution in [0.4, 0.5) is 0 Å². The summed E-state index contributed by atoms with van der Waals surface area (Å²) < 4.78 is 1.58. The Balaban J connectivity index is 1.59. The highest BCUT2D eigenvalue weighted by atomic mass is 16.4. The van der Waals surface area contributed by atoms with Gasteiger partial charge in [-0.05, 0) is 25.7 Å². The number of hydrogen-bond acceptors (Lipinski definition) is 5. The minimum absolute atomic E-state index is 0.0166. The van der Waals surface area contributed by atoms with Gasteiger partial charge in [0.15, 0.2) is 5.69 Å². The summed E-state index contributed by atoms with van der Waals surface area (Å²) in [5, 5.41) is 25.9. The van der Waals surface area contributed by atoms with Crippen LogP contribution in [0, 0.1) is 0 Å². The van der Waals surface area contributed by atoms with E-state index in [2.05, 4.69) is 15.2 Å². The van der Waals surface area contributed by atoms with Crippen LogP contribution in [0.3, 0.4) is 0 Å². The van der Waals surface area contributed by atoms with Crippen LogP contribution in [-0.4, -0.2) is 60.8 Å². The maximum Gasteiger partial charge on any atom is 0.358 e. The van der Waals surface area contributed by atoms with Gasteiger partial charge in [0.2, 0.25) is 0 Å². The number of rotatable bonds is 4. The number of fused-ring (bicyclic) bond motifs is 2. The fourth-order valence-electron chi connectivity index (χ4n) is 3.33. The van der Waals surface area contributed by atoms with E-state index < -0.39 is 5.97 Å². The lowest BCUT2D eigenvalue weighted by molar-refractivity contribution is 0.0332. The van der Waals surface area contributed by atoms with Gasteiger partial charge in [-0.3, -0.25) is 9.58 Å². The second-order valence-electron chi connectivity index (χ2n) is 5.42. The molecule has 2 atom stereocenters. The smallest absolute Gasteiger partial charge is 0.358 e. The van der Waals surface area contributed by atoms with Crippen LogP contribution in [0.15, 0.2) is 6.20 Å². The van der Waals surface area contributed by atoms with Crippen molar-refractivity contribution in [2.45, 2.75) is 50.4 Å². The zero-order valence-electron chi connectivity index (χ0n) is 10.6. The molecule has 3 rings (SSSR count). The Labute approximate surface area is 110 Å². The second-order valence-corrected chi connectivity index (χ2v) is 5.42. The van der Waals surface area contributed by atoms with Crippen molar-refractivity contribution in [1.82, 2.24) is 19.9 Å². The Morgan fingerprint density at radius 3 is 2.58 bits per heavy atom. The summed E-state index contributed by atoms with van der Waals surface area (Å²) in [5.41, 5.74) is -0.0166. The highest BCUT2D eigenvalue weighted by molar-refractivity contribution is 5.84. The molecule has 0 aliphatic carbocycles. The quantitative estimate of drug-likeness (QED) is 0.795. The van der Waals surface area contributed by atoms with Gasteiger partial charge in [-0.2, -0.15) is 0 Å². The zero-order chi connectivity index (χ0) is 13.4. The molecule has 2 fully saturated rings. The van der Waals surface area contributed by atoms with Crippen molar-refractivity contribution < 1.29 is 15.0 Å². The maximum absolute atomic E-state index is 10.7. The van der Waals surface area contributed by atoms with Gasteiger partial charge in [0.1, 0.15) is 0 Å². The van der Waals surface area contributed by atoms with Crippen molar-refractivity contribution in [1.29, 1.82) is 0 Å². The van der Waals surface area contributed by atoms with Crippen LogP contribution < -0.4 is 0 Å². The van der Waals surface area contributed by atoms with Gasteiger partial charge in [-0.25, -0.2) is 4.79 Å². The molecule has 0 aromatic carbocycles. The second kappa shape index (κ2) is 4.90. The molecule has 2 aliphatic heterocycles. The average Bonchev–Trinajstić information content (AvgIpc) is 2.91. The number of aromatic carboxylic acids is 1. The number of carboxylic acids is 1. The summed E-state index contributed by atoms with van der Waals surface area (Å²) in [4.78, 5) is 13.1. The van der Waals surface area contributed by atoms with Crippen molar-refractivity contribution in [2.75, 3.05) is 6.54 Å². The molecular weight excluding hydrogens is 248 g/mol. The highest BCUT2D eigenvalue weighted by Gasteiger charge is 2.39. The van der Waals surface area contributed by atoms with E-state index in [1.807, 2.05) is 0 Å². The van der Waals surface area contributed by atoms with Crippen molar-refractivity contribution in [2.24, 2.45) is 0 Å². The standard InChI is InChI=1S/C12H18N4O3/c17-10-5-8-1-2-9(6-10)16(8)4-3-15-7-11(12(18)19)13-14-15/h7-10,17H,1-6H2,(H,18,19). The summed E-state index contributed by atoms with van der Waals surface area (Å²) in [7, 11) is 0. The number of aromatic nitrogens is 3. The first-order valence-corrected chi connectivity index (χ1v) is 6.70. The molecule has 2 aliphatic rings. The van der Waals surface area contributed by atoms with E-state index in [9.17, 15) is 9.90 Å². The third kappa shape index (κ3) is 2.48. The summed E-state index contributed by atoms with van der Waals surface area (Å²) in [5.74, 6) is -1.05. The average molecular weight is 266 g/mol. The first kappa shape index (κ1) is 12.6. The number of hydrogen-bond donors (Lipinski definition) is 2. The molecule has 0 spiro atoms. The number of carboxylic acid groups (broad SMARTS) is 1. The molecule has 3 heterocycles. The van der Waals surface area contributed by atoms with Gasteiger partial charge in [0.05, 0.1) is 18.8 Å². The Hall–Kier alpha value is -1.47. The SMILES string of the molecule is O=C(O)c1cn(CCN2C3CCC2CC(O)C3)nn1. The van der Waals surface area contributed by atoms with Crippen molar-refractivity contribution in [3.63, 3.8) is 0 Å². The molecule has 7 nitrogen and oxygen atoms in total. The summed E-state index contributed by atoms with van der Waals surface area (Å²) in [6, 6.07) is 0.937. The lowest BCUT2D eigenvalue weighted by Crippen LogP contribution is -2.45. The topological polar surface area (TPSA) is 91.5 Å². The Morgan fingerprint density at radius 1 is 1.32 bits per heavy atom. The maximum atomic E-state index is 10.7. The fraction of sp³-hybridized carbons (Fsp3) is 0.750. The van der Waals surface area contributed by atoms with E-state index in [1.165, 1.54) is 6.20 Å². The monoisotopic (exact) mass is 266 g/mol. The molecular formula is C12H18N4O3. The van der Waals surface area contributed by atoms with Gasteiger partial charge in [-0.15, -0.1) is 5.10 Å². The molecule has 0 amide bonds. The van der Waals surface area contributed by atoms with Crippen molar-refractivity contribution in [3.05, 3.63) is 11.9 Å². The molecule has 0 saturated carbocycles. The molecule has 7 heteroatoms. The number of piperidine rings is 1. The lowest BCUT2D eigenvalue weighted by Gasteiger charge is -2.37. The van der Waals surface area contributed by atoms with E-state index in [0.717, 1.165) is 32.2 Å². The Kier molecular flexibility index (Phi) is 3.24. The van der Waals surface area contributed by atoms with Gasteiger partial charge in [0.25, 0.3) is 0 Å². The van der Waals surface area contributed by atoms with Crippen LogP contribution in [0.1, 0.15) is 36.2 Å². The number of aliphatic hydroxyl groups is 1. The van der Waals surface area contributed by atoms with E-state index in [4.69, 9.17) is 5.11 Å². The highest BCUT2D eigenvalue weighted by Crippen LogP contribution is 2.35. The first-order valence-electron chi connectivity index (χ1n) is 6.70. The van der Waals surface area contributed by atoms with E-state index in [1.54, 1.807) is 4.68 Å². The molecule has 104 valence electrons. The van der Waals surface area contributed by atoms with Crippen LogP contribution in [0.5, 0.6) is 0 Å². The Bertz CT molecular complexity index is 461. The van der Waals surface area contributed by atoms with Crippen LogP contribution in [0.25, 0.3) is 0 Å². The van der Waals surface area contributed by atoms with E-state index in [-0.39, 0.29) is 11.8 Å². The normalized spacial score (nSPS) is 30.7. The Morgan fingerprint density at radius 2 is 2.00 bits per heavy atom. The predicted octanol–water partition coefficient (Wildman–Crippen LogP) is -0.0360. The molecule has 2 unspecified atom stereocenters. The van der Waals surface area contributed by atoms with E-state index >= 15 is 0 Å². The molecule has 2 N–H and O–H groups in total. The summed E-state index contributed by atoms with van der Waals surface area (Å²) in [6.45, 7) is 1.48. The minimum Gasteiger partial charge on any atom is -0.476 e. The van der Waals surface area contributed by atoms with Crippen LogP contribution in [0.2, 0.25) is 0 Å². The molecule has 2 bridgehead atoms. The zero-order valence-corrected chi connectivity index (χ0v) is 10.6. The lowest BCUT2D eigenvalue weighted by atomic mass is 10.00. The van der Waals surface area contributed by atoms with Gasteiger partial charge >= 0.3 is 5.97 Å². The number of carbonyl (C=O) groups is 1. The van der Waals surface area contributed by atoms with Gasteiger partial charge in [-0.1, -0.05) is 5.21 Å². The third-order valence-electron chi connectivity index (χ3n) is 4.20. The molecule has 19 heavy (non-hydrogen) atoms. The predicted molar refractivity (Wildman–Crippen MR) is 65.7 cm³/mol. The van der Waals surface area contributed by atoms with Crippen LogP contribution >= 0.6 is 0 Å². The molecule has 1 aromatic heterocycles. The summed E-state index contributed by atoms with van der Waals surface area (Å²) in [6.07, 6.45) is 5.32. The van der Waals surface area contributed by atoms with Gasteiger partial charge in [0, 0.05) is 18.6 Å². The fourth-order valence-corrected chi connectivity index (χ4v) is 3.33. The summed E-state index contributed by atoms with van der Waals surface area (Å²) >= 11 is 0. The first-order chi connectivity index (χ1) is 9.13. The minimum atomic E-state index is -1.05. The van der Waals surface area contributed by atoms with Crippen LogP contribution in [-0.2, 0) is 6.54 Å². The van der Waals surface area contributed by atoms with Crippen molar-refractivity contribution in [3.8, 4) is 0 Å². The molecule has 0 radical (unpaired) electrons. The molecule has 1 aromatic rings. The van der Waals surface area contributed by atoms with Crippen molar-refractivity contribution >= 4 is 5.97 Å². The largest absolute Gasteiger partial charge is 0.476 e. The van der Waals surface area contributed by atoms with Gasteiger partial charge < -0.3 is 10.2 Å². The third-order valence-corrected chi connectivity index (χ3v) is 4.20. The van der Waals surface area contributed by atoms with E-state index in [0.29, 0.717) is 18.6 Å². The number of nitrogens with zero attached hydrogens (tertiary/aromatic N) is 4. The molecule has 2 saturated heterocycles. The number of aliphatic hydroxyl groups excluding tert-OH is 1.